The minimum atomic E-state index is 0.123. The molecular formula is C21H26N4O2. The zero-order valence-electron chi connectivity index (χ0n) is 15.9. The molecule has 0 bridgehead atoms. The number of fused-ring (bicyclic) bond motifs is 1. The summed E-state index contributed by atoms with van der Waals surface area (Å²) in [6.07, 6.45) is 5.93. The molecule has 0 amide bonds. The third kappa shape index (κ3) is 3.25. The molecule has 1 N–H and O–H groups in total. The molecule has 4 rings (SSSR count). The van der Waals surface area contributed by atoms with Gasteiger partial charge in [0.05, 0.1) is 25.9 Å². The van der Waals surface area contributed by atoms with Crippen LogP contribution < -0.4 is 9.64 Å². The summed E-state index contributed by atoms with van der Waals surface area (Å²) in [6, 6.07) is 8.22. The number of hydrogen-bond donors (Lipinski definition) is 1. The van der Waals surface area contributed by atoms with Gasteiger partial charge in [-0.1, -0.05) is 12.1 Å². The highest BCUT2D eigenvalue weighted by molar-refractivity contribution is 5.96. The van der Waals surface area contributed by atoms with Crippen molar-refractivity contribution in [3.63, 3.8) is 0 Å². The second-order valence-electron chi connectivity index (χ2n) is 7.11. The molecule has 0 atom stereocenters. The van der Waals surface area contributed by atoms with Gasteiger partial charge in [-0.25, -0.2) is 0 Å². The van der Waals surface area contributed by atoms with Gasteiger partial charge in [0.2, 0.25) is 0 Å². The Morgan fingerprint density at radius 2 is 2.04 bits per heavy atom. The van der Waals surface area contributed by atoms with Crippen molar-refractivity contribution in [3.05, 3.63) is 47.9 Å². The lowest BCUT2D eigenvalue weighted by atomic mass is 9.92. The van der Waals surface area contributed by atoms with Crippen molar-refractivity contribution in [2.75, 3.05) is 31.7 Å². The molecule has 1 saturated heterocycles. The van der Waals surface area contributed by atoms with Crippen LogP contribution in [-0.4, -0.2) is 46.7 Å². The van der Waals surface area contributed by atoms with Crippen molar-refractivity contribution in [1.82, 2.24) is 14.8 Å². The van der Waals surface area contributed by atoms with Crippen molar-refractivity contribution in [1.29, 1.82) is 0 Å². The molecule has 0 unspecified atom stereocenters. The van der Waals surface area contributed by atoms with E-state index in [-0.39, 0.29) is 6.61 Å². The number of piperidine rings is 1. The van der Waals surface area contributed by atoms with E-state index in [1.165, 1.54) is 16.9 Å². The second kappa shape index (κ2) is 7.56. The first-order chi connectivity index (χ1) is 13.2. The summed E-state index contributed by atoms with van der Waals surface area (Å²) in [6.45, 7) is 4.80. The monoisotopic (exact) mass is 366 g/mol. The molecule has 27 heavy (non-hydrogen) atoms. The normalized spacial score (nSPS) is 15.4. The molecule has 0 radical (unpaired) electrons. The van der Waals surface area contributed by atoms with Crippen molar-refractivity contribution >= 4 is 16.6 Å². The Morgan fingerprint density at radius 1 is 1.22 bits per heavy atom. The van der Waals surface area contributed by atoms with Crippen LogP contribution in [0.1, 0.15) is 30.0 Å². The Labute approximate surface area is 159 Å². The van der Waals surface area contributed by atoms with Crippen molar-refractivity contribution in [3.8, 4) is 5.75 Å². The fourth-order valence-electron chi connectivity index (χ4n) is 4.24. The zero-order valence-corrected chi connectivity index (χ0v) is 15.9. The number of nitrogens with zero attached hydrogens (tertiary/aromatic N) is 4. The van der Waals surface area contributed by atoms with Crippen LogP contribution in [0.3, 0.4) is 0 Å². The first kappa shape index (κ1) is 17.8. The molecule has 142 valence electrons. The molecule has 0 aliphatic carbocycles. The van der Waals surface area contributed by atoms with E-state index in [0.717, 1.165) is 42.6 Å². The minimum absolute atomic E-state index is 0.123. The van der Waals surface area contributed by atoms with E-state index in [1.807, 2.05) is 29.2 Å². The SMILES string of the molecule is COc1cccc2c(N3CCC(c4ccnn4CCO)CC3)c(C)cnc12. The fourth-order valence-corrected chi connectivity index (χ4v) is 4.24. The van der Waals surface area contributed by atoms with Gasteiger partial charge >= 0.3 is 0 Å². The quantitative estimate of drug-likeness (QED) is 0.752. The molecule has 0 spiro atoms. The third-order valence-corrected chi connectivity index (χ3v) is 5.53. The number of aryl methyl sites for hydroxylation is 1. The molecule has 3 aromatic rings. The smallest absolute Gasteiger partial charge is 0.145 e. The van der Waals surface area contributed by atoms with Crippen LogP contribution >= 0.6 is 0 Å². The van der Waals surface area contributed by atoms with Crippen LogP contribution in [0.4, 0.5) is 5.69 Å². The van der Waals surface area contributed by atoms with Crippen molar-refractivity contribution < 1.29 is 9.84 Å². The average Bonchev–Trinajstić information content (AvgIpc) is 3.16. The van der Waals surface area contributed by atoms with Crippen LogP contribution in [0.15, 0.2) is 36.7 Å². The predicted molar refractivity (Wildman–Crippen MR) is 107 cm³/mol. The summed E-state index contributed by atoms with van der Waals surface area (Å²) in [5.74, 6) is 1.30. The number of rotatable bonds is 5. The van der Waals surface area contributed by atoms with Crippen LogP contribution in [0.25, 0.3) is 10.9 Å². The predicted octanol–water partition coefficient (Wildman–Crippen LogP) is 3.12. The maximum Gasteiger partial charge on any atom is 0.145 e. The van der Waals surface area contributed by atoms with Gasteiger partial charge in [-0.2, -0.15) is 5.10 Å². The molecule has 3 heterocycles. The van der Waals surface area contributed by atoms with Gasteiger partial charge in [-0.15, -0.1) is 0 Å². The molecule has 1 aliphatic heterocycles. The van der Waals surface area contributed by atoms with E-state index >= 15 is 0 Å². The first-order valence-corrected chi connectivity index (χ1v) is 9.52. The van der Waals surface area contributed by atoms with Crippen LogP contribution in [-0.2, 0) is 6.54 Å². The molecule has 1 aliphatic rings. The number of anilines is 1. The summed E-state index contributed by atoms with van der Waals surface area (Å²) in [7, 11) is 1.69. The van der Waals surface area contributed by atoms with Crippen molar-refractivity contribution in [2.24, 2.45) is 0 Å². The fraction of sp³-hybridized carbons (Fsp3) is 0.429. The van der Waals surface area contributed by atoms with Crippen LogP contribution in [0.2, 0.25) is 0 Å². The Kier molecular flexibility index (Phi) is 4.99. The van der Waals surface area contributed by atoms with E-state index in [2.05, 4.69) is 34.0 Å². The Balaban J connectivity index is 1.60. The highest BCUT2D eigenvalue weighted by Crippen LogP contribution is 2.37. The van der Waals surface area contributed by atoms with Gasteiger partial charge in [0.15, 0.2) is 0 Å². The summed E-state index contributed by atoms with van der Waals surface area (Å²) in [5, 5.41) is 14.7. The summed E-state index contributed by atoms with van der Waals surface area (Å²) >= 11 is 0. The maximum atomic E-state index is 9.24. The van der Waals surface area contributed by atoms with E-state index in [9.17, 15) is 5.11 Å². The molecule has 1 fully saturated rings. The highest BCUT2D eigenvalue weighted by atomic mass is 16.5. The second-order valence-corrected chi connectivity index (χ2v) is 7.11. The topological polar surface area (TPSA) is 63.4 Å². The number of para-hydroxylation sites is 1. The number of aliphatic hydroxyl groups excluding tert-OH is 1. The number of hydrogen-bond acceptors (Lipinski definition) is 5. The van der Waals surface area contributed by atoms with E-state index in [0.29, 0.717) is 12.5 Å². The lowest BCUT2D eigenvalue weighted by Crippen LogP contribution is -2.34. The molecule has 6 nitrogen and oxygen atoms in total. The number of methoxy groups -OCH3 is 1. The number of pyridine rings is 1. The zero-order chi connectivity index (χ0) is 18.8. The molecular weight excluding hydrogens is 340 g/mol. The first-order valence-electron chi connectivity index (χ1n) is 9.52. The summed E-state index contributed by atoms with van der Waals surface area (Å²) in [5.41, 5.74) is 4.62. The van der Waals surface area contributed by atoms with Gasteiger partial charge in [0.25, 0.3) is 0 Å². The maximum absolute atomic E-state index is 9.24. The molecule has 2 aromatic heterocycles. The molecule has 1 aromatic carbocycles. The van der Waals surface area contributed by atoms with E-state index in [1.54, 1.807) is 7.11 Å². The Bertz CT molecular complexity index is 929. The number of aliphatic hydroxyl groups is 1. The van der Waals surface area contributed by atoms with Gasteiger partial charge in [0, 0.05) is 42.5 Å². The Morgan fingerprint density at radius 3 is 2.78 bits per heavy atom. The van der Waals surface area contributed by atoms with Crippen LogP contribution in [0.5, 0.6) is 5.75 Å². The number of ether oxygens (including phenoxy) is 1. The lowest BCUT2D eigenvalue weighted by Gasteiger charge is -2.35. The largest absolute Gasteiger partial charge is 0.494 e. The van der Waals surface area contributed by atoms with E-state index < -0.39 is 0 Å². The highest BCUT2D eigenvalue weighted by Gasteiger charge is 2.25. The van der Waals surface area contributed by atoms with Gasteiger partial charge < -0.3 is 14.7 Å². The lowest BCUT2D eigenvalue weighted by molar-refractivity contribution is 0.265. The third-order valence-electron chi connectivity index (χ3n) is 5.53. The van der Waals surface area contributed by atoms with Gasteiger partial charge in [-0.3, -0.25) is 9.67 Å². The van der Waals surface area contributed by atoms with Gasteiger partial charge in [0.1, 0.15) is 11.3 Å². The van der Waals surface area contributed by atoms with E-state index in [4.69, 9.17) is 4.74 Å². The minimum Gasteiger partial charge on any atom is -0.494 e. The number of aromatic nitrogens is 3. The summed E-state index contributed by atoms with van der Waals surface area (Å²) < 4.78 is 7.44. The standard InChI is InChI=1S/C21H26N4O2/c1-15-14-22-20-17(4-3-5-19(20)27-2)21(15)24-10-7-16(8-11-24)18-6-9-23-25(18)12-13-26/h3-6,9,14,16,26H,7-8,10-13H2,1-2H3. The molecule has 6 heteroatoms. The summed E-state index contributed by atoms with van der Waals surface area (Å²) in [4.78, 5) is 7.08. The van der Waals surface area contributed by atoms with Crippen molar-refractivity contribution in [2.45, 2.75) is 32.2 Å². The average molecular weight is 366 g/mol. The van der Waals surface area contributed by atoms with Gasteiger partial charge in [-0.05, 0) is 37.5 Å². The number of benzene rings is 1. The van der Waals surface area contributed by atoms with Crippen LogP contribution in [0, 0.1) is 6.92 Å². The Hall–Kier alpha value is -2.60. The molecule has 0 saturated carbocycles.